The molecule has 1 aromatic heterocycles. The van der Waals surface area contributed by atoms with Gasteiger partial charge in [-0.3, -0.25) is 4.79 Å². The summed E-state index contributed by atoms with van der Waals surface area (Å²) < 4.78 is 19.2. The molecule has 1 amide bonds. The van der Waals surface area contributed by atoms with E-state index in [-0.39, 0.29) is 5.82 Å². The predicted octanol–water partition coefficient (Wildman–Crippen LogP) is 3.95. The van der Waals surface area contributed by atoms with E-state index in [2.05, 4.69) is 0 Å². The van der Waals surface area contributed by atoms with Crippen LogP contribution in [0.2, 0.25) is 0 Å². The van der Waals surface area contributed by atoms with Gasteiger partial charge in [0.2, 0.25) is 0 Å². The van der Waals surface area contributed by atoms with Crippen LogP contribution < -0.4 is 5.73 Å². The van der Waals surface area contributed by atoms with Gasteiger partial charge in [-0.25, -0.2) is 4.39 Å². The number of hydrogen-bond acceptors (Lipinski definition) is 3. The molecule has 0 bridgehead atoms. The molecule has 0 saturated heterocycles. The minimum atomic E-state index is -0.486. The van der Waals surface area contributed by atoms with Gasteiger partial charge in [0.05, 0.1) is 12.2 Å². The van der Waals surface area contributed by atoms with Gasteiger partial charge in [-0.15, -0.1) is 11.3 Å². The summed E-state index contributed by atoms with van der Waals surface area (Å²) in [5.41, 5.74) is 7.81. The Bertz CT molecular complexity index is 840. The first-order valence-electron chi connectivity index (χ1n) is 6.70. The molecular weight excluding hydrogens is 301 g/mol. The molecule has 3 nitrogen and oxygen atoms in total. The van der Waals surface area contributed by atoms with Gasteiger partial charge in [-0.05, 0) is 35.4 Å². The van der Waals surface area contributed by atoms with E-state index in [9.17, 15) is 9.18 Å². The molecule has 2 N–H and O–H groups in total. The Labute approximate surface area is 131 Å². The van der Waals surface area contributed by atoms with E-state index in [1.54, 1.807) is 19.2 Å². The van der Waals surface area contributed by atoms with Gasteiger partial charge in [0, 0.05) is 22.1 Å². The van der Waals surface area contributed by atoms with Crippen molar-refractivity contribution >= 4 is 27.3 Å². The second kappa shape index (κ2) is 5.87. The number of benzene rings is 2. The number of fused-ring (bicyclic) bond motifs is 1. The topological polar surface area (TPSA) is 52.3 Å². The van der Waals surface area contributed by atoms with Gasteiger partial charge in [0.25, 0.3) is 5.91 Å². The van der Waals surface area contributed by atoms with Crippen molar-refractivity contribution in [1.29, 1.82) is 0 Å². The molecule has 0 spiro atoms. The Balaban J connectivity index is 2.23. The number of rotatable bonds is 4. The van der Waals surface area contributed by atoms with Crippen LogP contribution in [0.4, 0.5) is 4.39 Å². The van der Waals surface area contributed by atoms with E-state index < -0.39 is 5.91 Å². The summed E-state index contributed by atoms with van der Waals surface area (Å²) in [6, 6.07) is 11.9. The highest BCUT2D eigenvalue weighted by atomic mass is 32.1. The SMILES string of the molecule is COCc1ccc2sc(-c3ccc(F)cc3)c(C(N)=O)c2c1. The lowest BCUT2D eigenvalue weighted by Gasteiger charge is -2.02. The zero-order valence-corrected chi connectivity index (χ0v) is 12.7. The standard InChI is InChI=1S/C17H14FNO2S/c1-21-9-10-2-7-14-13(8-10)15(17(19)20)16(22-14)11-3-5-12(18)6-4-11/h2-8H,9H2,1H3,(H2,19,20). The molecule has 0 atom stereocenters. The number of methoxy groups -OCH3 is 1. The molecule has 0 radical (unpaired) electrons. The molecule has 22 heavy (non-hydrogen) atoms. The first kappa shape index (κ1) is 14.7. The number of nitrogens with two attached hydrogens (primary N) is 1. The van der Waals surface area contributed by atoms with Gasteiger partial charge in [-0.1, -0.05) is 18.2 Å². The average Bonchev–Trinajstić information content (AvgIpc) is 2.87. The molecule has 3 rings (SSSR count). The molecule has 0 aliphatic rings. The first-order valence-corrected chi connectivity index (χ1v) is 7.52. The van der Waals surface area contributed by atoms with Crippen LogP contribution in [0.1, 0.15) is 15.9 Å². The minimum Gasteiger partial charge on any atom is -0.380 e. The van der Waals surface area contributed by atoms with E-state index in [1.165, 1.54) is 23.5 Å². The monoisotopic (exact) mass is 315 g/mol. The normalized spacial score (nSPS) is 11.0. The van der Waals surface area contributed by atoms with Crippen molar-refractivity contribution < 1.29 is 13.9 Å². The van der Waals surface area contributed by atoms with E-state index in [1.807, 2.05) is 18.2 Å². The lowest BCUT2D eigenvalue weighted by molar-refractivity contribution is 0.100. The fraction of sp³-hybridized carbons (Fsp3) is 0.118. The second-order valence-electron chi connectivity index (χ2n) is 4.94. The summed E-state index contributed by atoms with van der Waals surface area (Å²) in [5.74, 6) is -0.798. The number of hydrogen-bond donors (Lipinski definition) is 1. The predicted molar refractivity (Wildman–Crippen MR) is 86.4 cm³/mol. The number of ether oxygens (including phenoxy) is 1. The van der Waals surface area contributed by atoms with E-state index in [4.69, 9.17) is 10.5 Å². The first-order chi connectivity index (χ1) is 10.6. The Morgan fingerprint density at radius 3 is 2.59 bits per heavy atom. The van der Waals surface area contributed by atoms with Gasteiger partial charge in [-0.2, -0.15) is 0 Å². The van der Waals surface area contributed by atoms with Crippen LogP contribution in [0, 0.1) is 5.82 Å². The van der Waals surface area contributed by atoms with Crippen LogP contribution in [-0.2, 0) is 11.3 Å². The van der Waals surface area contributed by atoms with Crippen molar-refractivity contribution in [2.45, 2.75) is 6.61 Å². The summed E-state index contributed by atoms with van der Waals surface area (Å²) >= 11 is 1.47. The van der Waals surface area contributed by atoms with Crippen molar-refractivity contribution in [3.8, 4) is 10.4 Å². The Morgan fingerprint density at radius 1 is 1.23 bits per heavy atom. The Hall–Kier alpha value is -2.24. The van der Waals surface area contributed by atoms with Crippen LogP contribution >= 0.6 is 11.3 Å². The maximum atomic E-state index is 13.1. The van der Waals surface area contributed by atoms with Gasteiger partial charge < -0.3 is 10.5 Å². The number of primary amides is 1. The Morgan fingerprint density at radius 2 is 1.95 bits per heavy atom. The van der Waals surface area contributed by atoms with Gasteiger partial charge in [0.1, 0.15) is 5.82 Å². The molecule has 0 fully saturated rings. The van der Waals surface area contributed by atoms with Crippen LogP contribution in [0.5, 0.6) is 0 Å². The fourth-order valence-corrected chi connectivity index (χ4v) is 3.64. The smallest absolute Gasteiger partial charge is 0.250 e. The third-order valence-corrected chi connectivity index (χ3v) is 4.64. The van der Waals surface area contributed by atoms with Crippen molar-refractivity contribution in [3.63, 3.8) is 0 Å². The Kier molecular flexibility index (Phi) is 3.92. The molecule has 1 heterocycles. The lowest BCUT2D eigenvalue weighted by Crippen LogP contribution is -2.11. The maximum absolute atomic E-state index is 13.1. The third-order valence-electron chi connectivity index (χ3n) is 3.42. The van der Waals surface area contributed by atoms with Crippen LogP contribution in [-0.4, -0.2) is 13.0 Å². The lowest BCUT2D eigenvalue weighted by atomic mass is 10.0. The molecule has 0 aliphatic heterocycles. The molecule has 0 unspecified atom stereocenters. The van der Waals surface area contributed by atoms with Crippen molar-refractivity contribution in [1.82, 2.24) is 0 Å². The molecule has 0 saturated carbocycles. The van der Waals surface area contributed by atoms with Gasteiger partial charge in [0.15, 0.2) is 0 Å². The molecule has 0 aliphatic carbocycles. The maximum Gasteiger partial charge on any atom is 0.250 e. The fourth-order valence-electron chi connectivity index (χ4n) is 2.45. The van der Waals surface area contributed by atoms with E-state index in [0.717, 1.165) is 26.1 Å². The summed E-state index contributed by atoms with van der Waals surface area (Å²) in [5, 5.41) is 0.811. The average molecular weight is 315 g/mol. The zero-order valence-electron chi connectivity index (χ0n) is 11.9. The van der Waals surface area contributed by atoms with E-state index in [0.29, 0.717) is 12.2 Å². The zero-order chi connectivity index (χ0) is 15.7. The number of carbonyl (C=O) groups is 1. The van der Waals surface area contributed by atoms with Crippen LogP contribution in [0.25, 0.3) is 20.5 Å². The molecule has 2 aromatic carbocycles. The second-order valence-corrected chi connectivity index (χ2v) is 5.99. The summed E-state index contributed by atoms with van der Waals surface area (Å²) in [6.45, 7) is 0.468. The number of thiophene rings is 1. The van der Waals surface area contributed by atoms with Crippen LogP contribution in [0.15, 0.2) is 42.5 Å². The third kappa shape index (κ3) is 2.61. The molecule has 5 heteroatoms. The molecule has 112 valence electrons. The summed E-state index contributed by atoms with van der Waals surface area (Å²) in [6.07, 6.45) is 0. The number of amides is 1. The highest BCUT2D eigenvalue weighted by Gasteiger charge is 2.18. The number of carbonyl (C=O) groups excluding carboxylic acids is 1. The quantitative estimate of drug-likeness (QED) is 0.792. The summed E-state index contributed by atoms with van der Waals surface area (Å²) in [4.78, 5) is 12.7. The molecular formula is C17H14FNO2S. The van der Waals surface area contributed by atoms with Crippen molar-refractivity contribution in [2.24, 2.45) is 5.73 Å². The van der Waals surface area contributed by atoms with Crippen molar-refractivity contribution in [3.05, 3.63) is 59.4 Å². The largest absolute Gasteiger partial charge is 0.380 e. The summed E-state index contributed by atoms with van der Waals surface area (Å²) in [7, 11) is 1.62. The highest BCUT2D eigenvalue weighted by Crippen LogP contribution is 2.39. The van der Waals surface area contributed by atoms with E-state index >= 15 is 0 Å². The molecule has 3 aromatic rings. The van der Waals surface area contributed by atoms with Crippen molar-refractivity contribution in [2.75, 3.05) is 7.11 Å². The van der Waals surface area contributed by atoms with Gasteiger partial charge >= 0.3 is 0 Å². The highest BCUT2D eigenvalue weighted by molar-refractivity contribution is 7.22. The van der Waals surface area contributed by atoms with Crippen LogP contribution in [0.3, 0.4) is 0 Å². The minimum absolute atomic E-state index is 0.312. The number of halogens is 1.